The lowest BCUT2D eigenvalue weighted by Crippen LogP contribution is -2.11. The molecule has 0 amide bonds. The molecular formula is C18H20ClNO4. The maximum absolute atomic E-state index is 11.9. The molecule has 0 bridgehead atoms. The fourth-order valence-electron chi connectivity index (χ4n) is 1.91. The van der Waals surface area contributed by atoms with Gasteiger partial charge in [0.05, 0.1) is 17.9 Å². The van der Waals surface area contributed by atoms with Crippen LogP contribution >= 0.6 is 11.6 Å². The number of nitrogens with two attached hydrogens (primary N) is 1. The Kier molecular flexibility index (Phi) is 6.75. The molecule has 128 valence electrons. The first-order valence-electron chi connectivity index (χ1n) is 7.68. The van der Waals surface area contributed by atoms with Crippen LogP contribution in [0, 0.1) is 0 Å². The van der Waals surface area contributed by atoms with Crippen LogP contribution in [0.25, 0.3) is 0 Å². The van der Waals surface area contributed by atoms with E-state index in [4.69, 9.17) is 31.5 Å². The number of hydrogen-bond donors (Lipinski definition) is 1. The van der Waals surface area contributed by atoms with Gasteiger partial charge in [-0.3, -0.25) is 0 Å². The minimum absolute atomic E-state index is 0.292. The van der Waals surface area contributed by atoms with Gasteiger partial charge in [-0.15, -0.1) is 0 Å². The third kappa shape index (κ3) is 5.35. The lowest BCUT2D eigenvalue weighted by atomic mass is 10.2. The molecule has 0 aromatic heterocycles. The number of anilines is 1. The van der Waals surface area contributed by atoms with E-state index in [2.05, 4.69) is 0 Å². The van der Waals surface area contributed by atoms with Crippen molar-refractivity contribution in [3.8, 4) is 11.5 Å². The van der Waals surface area contributed by atoms with E-state index in [1.165, 1.54) is 0 Å². The summed E-state index contributed by atoms with van der Waals surface area (Å²) < 4.78 is 16.2. The fraction of sp³-hybridized carbons (Fsp3) is 0.278. The summed E-state index contributed by atoms with van der Waals surface area (Å²) in [6.07, 6.45) is 0.770. The number of rotatable bonds is 8. The normalized spacial score (nSPS) is 10.2. The number of carbonyl (C=O) groups is 1. The zero-order valence-electron chi connectivity index (χ0n) is 13.5. The number of hydrogen-bond acceptors (Lipinski definition) is 5. The number of nitrogen functional groups attached to an aromatic ring is 1. The van der Waals surface area contributed by atoms with E-state index in [-0.39, 0.29) is 5.97 Å². The number of carbonyl (C=O) groups excluding carboxylic acids is 1. The fourth-order valence-corrected chi connectivity index (χ4v) is 2.03. The lowest BCUT2D eigenvalue weighted by molar-refractivity contribution is 0.0504. The Balaban J connectivity index is 1.87. The summed E-state index contributed by atoms with van der Waals surface area (Å²) >= 11 is 5.81. The third-order valence-electron chi connectivity index (χ3n) is 3.11. The molecule has 0 aliphatic rings. The summed E-state index contributed by atoms with van der Waals surface area (Å²) in [6, 6.07) is 11.9. The zero-order chi connectivity index (χ0) is 17.4. The van der Waals surface area contributed by atoms with Crippen LogP contribution in [0.15, 0.2) is 42.5 Å². The first kappa shape index (κ1) is 17.9. The van der Waals surface area contributed by atoms with E-state index in [0.717, 1.165) is 6.42 Å². The minimum atomic E-state index is -0.390. The van der Waals surface area contributed by atoms with Gasteiger partial charge in [0.2, 0.25) is 0 Å². The molecule has 0 saturated heterocycles. The van der Waals surface area contributed by atoms with Crippen molar-refractivity contribution in [2.75, 3.05) is 25.6 Å². The Hall–Kier alpha value is -2.40. The van der Waals surface area contributed by atoms with E-state index >= 15 is 0 Å². The number of esters is 1. The maximum Gasteiger partial charge on any atom is 0.338 e. The molecule has 2 rings (SSSR count). The van der Waals surface area contributed by atoms with Gasteiger partial charge in [0.25, 0.3) is 0 Å². The average Bonchev–Trinajstić information content (AvgIpc) is 2.59. The smallest absolute Gasteiger partial charge is 0.338 e. The van der Waals surface area contributed by atoms with Gasteiger partial charge in [-0.1, -0.05) is 18.5 Å². The summed E-state index contributed by atoms with van der Waals surface area (Å²) in [5.74, 6) is 0.743. The van der Waals surface area contributed by atoms with Crippen molar-refractivity contribution in [1.29, 1.82) is 0 Å². The number of ether oxygens (including phenoxy) is 3. The molecule has 0 heterocycles. The zero-order valence-corrected chi connectivity index (χ0v) is 14.2. The van der Waals surface area contributed by atoms with Crippen molar-refractivity contribution < 1.29 is 19.0 Å². The minimum Gasteiger partial charge on any atom is -0.490 e. The van der Waals surface area contributed by atoms with E-state index in [0.29, 0.717) is 47.6 Å². The van der Waals surface area contributed by atoms with Crippen LogP contribution in [0.2, 0.25) is 5.02 Å². The molecule has 0 spiro atoms. The highest BCUT2D eigenvalue weighted by Crippen LogP contribution is 2.23. The second-order valence-electron chi connectivity index (χ2n) is 5.04. The van der Waals surface area contributed by atoms with Crippen LogP contribution in [0.1, 0.15) is 23.7 Å². The van der Waals surface area contributed by atoms with Gasteiger partial charge in [0.1, 0.15) is 24.7 Å². The lowest BCUT2D eigenvalue weighted by Gasteiger charge is -2.11. The summed E-state index contributed by atoms with van der Waals surface area (Å²) in [6.45, 7) is 2.95. The molecule has 0 atom stereocenters. The first-order chi connectivity index (χ1) is 11.6. The Morgan fingerprint density at radius 3 is 2.46 bits per heavy atom. The Morgan fingerprint density at radius 2 is 1.75 bits per heavy atom. The quantitative estimate of drug-likeness (QED) is 0.444. The van der Waals surface area contributed by atoms with E-state index < -0.39 is 0 Å². The molecule has 24 heavy (non-hydrogen) atoms. The monoisotopic (exact) mass is 349 g/mol. The molecule has 6 heteroatoms. The van der Waals surface area contributed by atoms with Gasteiger partial charge in [-0.2, -0.15) is 0 Å². The average molecular weight is 350 g/mol. The van der Waals surface area contributed by atoms with Gasteiger partial charge >= 0.3 is 5.97 Å². The highest BCUT2D eigenvalue weighted by atomic mass is 35.5. The molecule has 0 saturated carbocycles. The third-order valence-corrected chi connectivity index (χ3v) is 3.36. The summed E-state index contributed by atoms with van der Waals surface area (Å²) in [5, 5.41) is 0.651. The number of halogens is 1. The van der Waals surface area contributed by atoms with Crippen molar-refractivity contribution in [2.24, 2.45) is 0 Å². The SMILES string of the molecule is CCCOC(=O)c1ccc(N)c(OCCOc2ccc(Cl)cc2)c1. The summed E-state index contributed by atoms with van der Waals surface area (Å²) in [7, 11) is 0. The van der Waals surface area contributed by atoms with Crippen LogP contribution in [0.5, 0.6) is 11.5 Å². The Labute approximate surface area is 146 Å². The van der Waals surface area contributed by atoms with Gasteiger partial charge in [0, 0.05) is 5.02 Å². The van der Waals surface area contributed by atoms with Crippen LogP contribution < -0.4 is 15.2 Å². The Morgan fingerprint density at radius 1 is 1.04 bits per heavy atom. The highest BCUT2D eigenvalue weighted by molar-refractivity contribution is 6.30. The van der Waals surface area contributed by atoms with E-state index in [1.807, 2.05) is 6.92 Å². The van der Waals surface area contributed by atoms with E-state index in [1.54, 1.807) is 42.5 Å². The first-order valence-corrected chi connectivity index (χ1v) is 8.05. The molecule has 0 unspecified atom stereocenters. The molecular weight excluding hydrogens is 330 g/mol. The molecule has 0 aliphatic heterocycles. The Bertz CT molecular complexity index is 673. The second-order valence-corrected chi connectivity index (χ2v) is 5.48. The topological polar surface area (TPSA) is 70.8 Å². The summed E-state index contributed by atoms with van der Waals surface area (Å²) in [4.78, 5) is 11.9. The molecule has 0 aliphatic carbocycles. The van der Waals surface area contributed by atoms with Crippen molar-refractivity contribution in [3.05, 3.63) is 53.1 Å². The van der Waals surface area contributed by atoms with Crippen molar-refractivity contribution >= 4 is 23.3 Å². The molecule has 2 N–H and O–H groups in total. The second kappa shape index (κ2) is 9.03. The predicted molar refractivity (Wildman–Crippen MR) is 93.9 cm³/mol. The van der Waals surface area contributed by atoms with Crippen LogP contribution in [0.4, 0.5) is 5.69 Å². The molecule has 2 aromatic rings. The van der Waals surface area contributed by atoms with Crippen LogP contribution in [-0.4, -0.2) is 25.8 Å². The van der Waals surface area contributed by atoms with Gasteiger partial charge in [-0.05, 0) is 48.9 Å². The van der Waals surface area contributed by atoms with Gasteiger partial charge < -0.3 is 19.9 Å². The summed E-state index contributed by atoms with van der Waals surface area (Å²) in [5.41, 5.74) is 6.73. The van der Waals surface area contributed by atoms with Gasteiger partial charge in [0.15, 0.2) is 0 Å². The maximum atomic E-state index is 11.9. The standard InChI is InChI=1S/C18H20ClNO4/c1-2-9-24-18(21)13-3-8-16(20)17(12-13)23-11-10-22-15-6-4-14(19)5-7-15/h3-8,12H,2,9-11,20H2,1H3. The highest BCUT2D eigenvalue weighted by Gasteiger charge is 2.10. The molecule has 2 aromatic carbocycles. The number of benzene rings is 2. The van der Waals surface area contributed by atoms with E-state index in [9.17, 15) is 4.79 Å². The molecule has 0 radical (unpaired) electrons. The van der Waals surface area contributed by atoms with Crippen LogP contribution in [-0.2, 0) is 4.74 Å². The van der Waals surface area contributed by atoms with Crippen LogP contribution in [0.3, 0.4) is 0 Å². The molecule has 5 nitrogen and oxygen atoms in total. The van der Waals surface area contributed by atoms with Gasteiger partial charge in [-0.25, -0.2) is 4.79 Å². The largest absolute Gasteiger partial charge is 0.490 e. The van der Waals surface area contributed by atoms with Crippen molar-refractivity contribution in [2.45, 2.75) is 13.3 Å². The van der Waals surface area contributed by atoms with Crippen molar-refractivity contribution in [3.63, 3.8) is 0 Å². The van der Waals surface area contributed by atoms with Crippen molar-refractivity contribution in [1.82, 2.24) is 0 Å². The predicted octanol–water partition coefficient (Wildman–Crippen LogP) is 3.95. The molecule has 0 fully saturated rings.